The summed E-state index contributed by atoms with van der Waals surface area (Å²) in [7, 11) is 0. The Hall–Kier alpha value is -1.71. The number of aromatic hydroxyl groups is 1. The molecule has 1 aromatic carbocycles. The second-order valence-electron chi connectivity index (χ2n) is 6.29. The van der Waals surface area contributed by atoms with Gasteiger partial charge in [-0.2, -0.15) is 0 Å². The first-order chi connectivity index (χ1) is 8.60. The lowest BCUT2D eigenvalue weighted by Gasteiger charge is -2.27. The van der Waals surface area contributed by atoms with Crippen molar-refractivity contribution < 1.29 is 14.6 Å². The molecule has 4 heteroatoms. The average molecular weight is 265 g/mol. The van der Waals surface area contributed by atoms with Crippen LogP contribution < -0.4 is 5.32 Å². The van der Waals surface area contributed by atoms with Gasteiger partial charge in [0.25, 0.3) is 0 Å². The van der Waals surface area contributed by atoms with Gasteiger partial charge in [0.1, 0.15) is 11.4 Å². The minimum absolute atomic E-state index is 0.232. The molecule has 0 aliphatic carbocycles. The van der Waals surface area contributed by atoms with Crippen LogP contribution in [0, 0.1) is 0 Å². The van der Waals surface area contributed by atoms with Crippen LogP contribution in [0.25, 0.3) is 0 Å². The van der Waals surface area contributed by atoms with Crippen molar-refractivity contribution in [2.24, 2.45) is 0 Å². The first-order valence-corrected chi connectivity index (χ1v) is 6.36. The second-order valence-corrected chi connectivity index (χ2v) is 6.29. The van der Waals surface area contributed by atoms with Crippen molar-refractivity contribution in [2.45, 2.75) is 45.6 Å². The van der Waals surface area contributed by atoms with E-state index in [1.807, 2.05) is 46.8 Å². The van der Waals surface area contributed by atoms with E-state index in [9.17, 15) is 9.90 Å². The van der Waals surface area contributed by atoms with Gasteiger partial charge in [0, 0.05) is 12.0 Å². The predicted molar refractivity (Wildman–Crippen MR) is 75.4 cm³/mol. The Labute approximate surface area is 114 Å². The summed E-state index contributed by atoms with van der Waals surface area (Å²) in [6, 6.07) is 6.99. The van der Waals surface area contributed by atoms with E-state index in [1.165, 1.54) is 0 Å². The van der Waals surface area contributed by atoms with Crippen LogP contribution in [0.5, 0.6) is 5.75 Å². The van der Waals surface area contributed by atoms with Gasteiger partial charge in [-0.25, -0.2) is 4.79 Å². The maximum atomic E-state index is 11.6. The molecule has 19 heavy (non-hydrogen) atoms. The highest BCUT2D eigenvalue weighted by atomic mass is 16.6. The first kappa shape index (κ1) is 15.3. The van der Waals surface area contributed by atoms with E-state index >= 15 is 0 Å². The van der Waals surface area contributed by atoms with Crippen LogP contribution in [-0.2, 0) is 10.2 Å². The fourth-order valence-corrected chi connectivity index (χ4v) is 1.62. The lowest BCUT2D eigenvalue weighted by molar-refractivity contribution is 0.0517. The number of nitrogens with one attached hydrogen (secondary N) is 1. The number of hydrogen-bond donors (Lipinski definition) is 2. The number of hydrogen-bond acceptors (Lipinski definition) is 3. The van der Waals surface area contributed by atoms with Crippen molar-refractivity contribution in [2.75, 3.05) is 6.54 Å². The molecule has 0 fully saturated rings. The van der Waals surface area contributed by atoms with Gasteiger partial charge >= 0.3 is 6.09 Å². The summed E-state index contributed by atoms with van der Waals surface area (Å²) in [5.41, 5.74) is 0.318. The molecule has 0 radical (unpaired) electrons. The van der Waals surface area contributed by atoms with Crippen LogP contribution in [0.2, 0.25) is 0 Å². The van der Waals surface area contributed by atoms with Gasteiger partial charge in [0.15, 0.2) is 0 Å². The molecule has 106 valence electrons. The number of phenols is 1. The van der Waals surface area contributed by atoms with E-state index in [2.05, 4.69) is 5.32 Å². The van der Waals surface area contributed by atoms with Crippen molar-refractivity contribution >= 4 is 6.09 Å². The summed E-state index contributed by atoms with van der Waals surface area (Å²) in [5, 5.41) is 12.0. The summed E-state index contributed by atoms with van der Waals surface area (Å²) in [6.07, 6.45) is -0.417. The van der Waals surface area contributed by atoms with Crippen molar-refractivity contribution in [1.82, 2.24) is 5.32 Å². The lowest BCUT2D eigenvalue weighted by Crippen LogP contribution is -2.39. The number of phenolic OH excluding ortho intramolecular Hbond substituents is 1. The molecule has 1 rings (SSSR count). The predicted octanol–water partition coefficient (Wildman–Crippen LogP) is 3.19. The van der Waals surface area contributed by atoms with Crippen LogP contribution in [0.4, 0.5) is 4.79 Å². The highest BCUT2D eigenvalue weighted by molar-refractivity contribution is 5.67. The van der Waals surface area contributed by atoms with E-state index in [0.29, 0.717) is 6.54 Å². The van der Waals surface area contributed by atoms with Crippen molar-refractivity contribution in [1.29, 1.82) is 0 Å². The third-order valence-corrected chi connectivity index (χ3v) is 2.72. The van der Waals surface area contributed by atoms with Crippen molar-refractivity contribution in [3.63, 3.8) is 0 Å². The fraction of sp³-hybridized carbons (Fsp3) is 0.533. The number of amides is 1. The molecule has 1 aromatic rings. The van der Waals surface area contributed by atoms with E-state index in [0.717, 1.165) is 5.56 Å². The Morgan fingerprint density at radius 2 is 1.68 bits per heavy atom. The molecule has 0 spiro atoms. The summed E-state index contributed by atoms with van der Waals surface area (Å²) in [4.78, 5) is 11.6. The third-order valence-electron chi connectivity index (χ3n) is 2.72. The zero-order chi connectivity index (χ0) is 14.7. The van der Waals surface area contributed by atoms with Gasteiger partial charge in [-0.3, -0.25) is 0 Å². The molecule has 0 unspecified atom stereocenters. The number of carbonyl (C=O) groups is 1. The average Bonchev–Trinajstić information content (AvgIpc) is 2.25. The summed E-state index contributed by atoms with van der Waals surface area (Å²) in [5.74, 6) is 0.236. The molecular weight excluding hydrogens is 242 g/mol. The SMILES string of the molecule is CC(C)(C)OC(=O)NCC(C)(C)c1ccc(O)cc1. The maximum absolute atomic E-state index is 11.6. The standard InChI is InChI=1S/C15H23NO3/c1-14(2,3)19-13(18)16-10-15(4,5)11-6-8-12(17)9-7-11/h6-9,17H,10H2,1-5H3,(H,16,18). The molecular formula is C15H23NO3. The minimum Gasteiger partial charge on any atom is -0.508 e. The number of rotatable bonds is 3. The summed E-state index contributed by atoms with van der Waals surface area (Å²) < 4.78 is 5.20. The van der Waals surface area contributed by atoms with E-state index in [1.54, 1.807) is 12.1 Å². The van der Waals surface area contributed by atoms with E-state index in [-0.39, 0.29) is 11.2 Å². The van der Waals surface area contributed by atoms with E-state index in [4.69, 9.17) is 4.74 Å². The quantitative estimate of drug-likeness (QED) is 0.882. The van der Waals surface area contributed by atoms with Crippen LogP contribution in [0.3, 0.4) is 0 Å². The van der Waals surface area contributed by atoms with Crippen LogP contribution in [0.15, 0.2) is 24.3 Å². The third kappa shape index (κ3) is 5.20. The molecule has 0 aromatic heterocycles. The molecule has 0 bridgehead atoms. The molecule has 0 atom stereocenters. The zero-order valence-corrected chi connectivity index (χ0v) is 12.3. The molecule has 4 nitrogen and oxygen atoms in total. The van der Waals surface area contributed by atoms with Gasteiger partial charge in [0.05, 0.1) is 0 Å². The summed E-state index contributed by atoms with van der Waals surface area (Å²) in [6.45, 7) is 10.0. The zero-order valence-electron chi connectivity index (χ0n) is 12.3. The number of carbonyl (C=O) groups excluding carboxylic acids is 1. The largest absolute Gasteiger partial charge is 0.508 e. The highest BCUT2D eigenvalue weighted by Crippen LogP contribution is 2.24. The highest BCUT2D eigenvalue weighted by Gasteiger charge is 2.23. The molecule has 1 amide bonds. The van der Waals surface area contributed by atoms with Gasteiger partial charge < -0.3 is 15.2 Å². The Kier molecular flexibility index (Phi) is 4.45. The number of alkyl carbamates (subject to hydrolysis) is 1. The monoisotopic (exact) mass is 265 g/mol. The Morgan fingerprint density at radius 3 is 2.16 bits per heavy atom. The van der Waals surface area contributed by atoms with E-state index < -0.39 is 11.7 Å². The molecule has 0 aliphatic heterocycles. The normalized spacial score (nSPS) is 12.1. The fourth-order valence-electron chi connectivity index (χ4n) is 1.62. The maximum Gasteiger partial charge on any atom is 0.407 e. The molecule has 0 heterocycles. The minimum atomic E-state index is -0.493. The van der Waals surface area contributed by atoms with Crippen LogP contribution in [0.1, 0.15) is 40.2 Å². The Balaban J connectivity index is 2.60. The summed E-state index contributed by atoms with van der Waals surface area (Å²) >= 11 is 0. The topological polar surface area (TPSA) is 58.6 Å². The van der Waals surface area contributed by atoms with Gasteiger partial charge in [-0.05, 0) is 38.5 Å². The Bertz CT molecular complexity index is 430. The van der Waals surface area contributed by atoms with Gasteiger partial charge in [-0.15, -0.1) is 0 Å². The van der Waals surface area contributed by atoms with Crippen LogP contribution >= 0.6 is 0 Å². The second kappa shape index (κ2) is 5.51. The van der Waals surface area contributed by atoms with Crippen molar-refractivity contribution in [3.05, 3.63) is 29.8 Å². The van der Waals surface area contributed by atoms with Gasteiger partial charge in [-0.1, -0.05) is 26.0 Å². The van der Waals surface area contributed by atoms with Crippen molar-refractivity contribution in [3.8, 4) is 5.75 Å². The van der Waals surface area contributed by atoms with Crippen LogP contribution in [-0.4, -0.2) is 23.3 Å². The first-order valence-electron chi connectivity index (χ1n) is 6.36. The molecule has 0 saturated heterocycles. The molecule has 0 aliphatic rings. The number of ether oxygens (including phenoxy) is 1. The smallest absolute Gasteiger partial charge is 0.407 e. The molecule has 2 N–H and O–H groups in total. The lowest BCUT2D eigenvalue weighted by atomic mass is 9.84. The number of benzene rings is 1. The van der Waals surface area contributed by atoms with Gasteiger partial charge in [0.2, 0.25) is 0 Å². The Morgan fingerprint density at radius 1 is 1.16 bits per heavy atom. The molecule has 0 saturated carbocycles.